The Morgan fingerprint density at radius 3 is 1.75 bits per heavy atom. The highest BCUT2D eigenvalue weighted by molar-refractivity contribution is 6.04. The Morgan fingerprint density at radius 1 is 0.714 bits per heavy atom. The molecule has 4 saturated carbocycles. The Hall–Kier alpha value is -2.62. The fourth-order valence-corrected chi connectivity index (χ4v) is 6.08. The molecular weight excluding hydrogens is 348 g/mol. The number of carbonyl (C=O) groups is 2. The van der Waals surface area contributed by atoms with Gasteiger partial charge in [0.1, 0.15) is 0 Å². The number of anilines is 2. The molecule has 4 nitrogen and oxygen atoms in total. The summed E-state index contributed by atoms with van der Waals surface area (Å²) in [4.78, 5) is 25.4. The van der Waals surface area contributed by atoms with Gasteiger partial charge in [-0.05, 0) is 92.7 Å². The summed E-state index contributed by atoms with van der Waals surface area (Å²) in [5, 5.41) is 6.06. The van der Waals surface area contributed by atoms with E-state index in [0.717, 1.165) is 48.4 Å². The van der Waals surface area contributed by atoms with Crippen LogP contribution in [0.4, 0.5) is 11.4 Å². The van der Waals surface area contributed by atoms with Gasteiger partial charge in [-0.1, -0.05) is 18.2 Å². The predicted octanol–water partition coefficient (Wildman–Crippen LogP) is 5.09. The Kier molecular flexibility index (Phi) is 4.22. The zero-order chi connectivity index (χ0) is 19.1. The van der Waals surface area contributed by atoms with E-state index in [-0.39, 0.29) is 17.2 Å². The van der Waals surface area contributed by atoms with Crippen LogP contribution >= 0.6 is 0 Å². The van der Waals surface area contributed by atoms with E-state index in [2.05, 4.69) is 10.6 Å². The molecule has 0 unspecified atom stereocenters. The highest BCUT2D eigenvalue weighted by Gasteiger charge is 2.54. The maximum absolute atomic E-state index is 13.1. The van der Waals surface area contributed by atoms with Gasteiger partial charge < -0.3 is 10.6 Å². The quantitative estimate of drug-likeness (QED) is 0.783. The first-order valence-corrected chi connectivity index (χ1v) is 10.4. The maximum Gasteiger partial charge on any atom is 0.255 e. The molecule has 0 spiro atoms. The van der Waals surface area contributed by atoms with Gasteiger partial charge in [0.2, 0.25) is 5.91 Å². The molecule has 2 N–H and O–H groups in total. The molecular formula is C24H26N2O2. The fourth-order valence-electron chi connectivity index (χ4n) is 6.08. The normalized spacial score (nSPS) is 30.1. The summed E-state index contributed by atoms with van der Waals surface area (Å²) in [5.41, 5.74) is 2.01. The van der Waals surface area contributed by atoms with Gasteiger partial charge in [-0.3, -0.25) is 9.59 Å². The van der Waals surface area contributed by atoms with Crippen molar-refractivity contribution in [3.63, 3.8) is 0 Å². The summed E-state index contributed by atoms with van der Waals surface area (Å²) >= 11 is 0. The number of amides is 2. The van der Waals surface area contributed by atoms with Crippen LogP contribution in [0.1, 0.15) is 48.9 Å². The number of rotatable bonds is 4. The zero-order valence-electron chi connectivity index (χ0n) is 16.0. The van der Waals surface area contributed by atoms with Crippen molar-refractivity contribution < 1.29 is 9.59 Å². The lowest BCUT2D eigenvalue weighted by Gasteiger charge is -2.55. The van der Waals surface area contributed by atoms with Gasteiger partial charge in [-0.25, -0.2) is 0 Å². The van der Waals surface area contributed by atoms with Crippen LogP contribution in [0.2, 0.25) is 0 Å². The first-order chi connectivity index (χ1) is 13.6. The van der Waals surface area contributed by atoms with Crippen LogP contribution in [-0.2, 0) is 4.79 Å². The molecule has 4 bridgehead atoms. The van der Waals surface area contributed by atoms with Crippen LogP contribution in [0.15, 0.2) is 54.6 Å². The monoisotopic (exact) mass is 374 g/mol. The molecule has 0 heterocycles. The van der Waals surface area contributed by atoms with E-state index in [1.807, 2.05) is 42.5 Å². The highest BCUT2D eigenvalue weighted by atomic mass is 16.2. The second-order valence-electron chi connectivity index (χ2n) is 9.05. The Bertz CT molecular complexity index is 853. The topological polar surface area (TPSA) is 58.2 Å². The molecule has 2 aromatic carbocycles. The van der Waals surface area contributed by atoms with Crippen LogP contribution in [0.25, 0.3) is 0 Å². The van der Waals surface area contributed by atoms with E-state index in [9.17, 15) is 9.59 Å². The zero-order valence-corrected chi connectivity index (χ0v) is 16.0. The van der Waals surface area contributed by atoms with Crippen molar-refractivity contribution >= 4 is 23.2 Å². The lowest BCUT2D eigenvalue weighted by atomic mass is 9.49. The van der Waals surface area contributed by atoms with E-state index in [1.165, 1.54) is 19.3 Å². The number of nitrogens with one attached hydrogen (secondary N) is 2. The molecule has 28 heavy (non-hydrogen) atoms. The third-order valence-electron chi connectivity index (χ3n) is 6.96. The number of benzene rings is 2. The van der Waals surface area contributed by atoms with Crippen molar-refractivity contribution in [2.75, 3.05) is 10.6 Å². The van der Waals surface area contributed by atoms with Crippen molar-refractivity contribution in [1.82, 2.24) is 0 Å². The predicted molar refractivity (Wildman–Crippen MR) is 110 cm³/mol. The van der Waals surface area contributed by atoms with E-state index in [0.29, 0.717) is 5.56 Å². The van der Waals surface area contributed by atoms with Gasteiger partial charge in [0.05, 0.1) is 5.41 Å². The van der Waals surface area contributed by atoms with Crippen LogP contribution in [-0.4, -0.2) is 11.8 Å². The molecule has 0 atom stereocenters. The SMILES string of the molecule is O=C(Nc1ccc(NC(=O)C23CC4CC(CC(C4)C2)C3)cc1)c1ccccc1. The third kappa shape index (κ3) is 3.21. The van der Waals surface area contributed by atoms with Crippen molar-refractivity contribution in [3.05, 3.63) is 60.2 Å². The number of hydrogen-bond donors (Lipinski definition) is 2. The van der Waals surface area contributed by atoms with E-state index in [4.69, 9.17) is 0 Å². The number of hydrogen-bond acceptors (Lipinski definition) is 2. The van der Waals surface area contributed by atoms with Gasteiger partial charge in [-0.15, -0.1) is 0 Å². The van der Waals surface area contributed by atoms with E-state index < -0.39 is 0 Å². The van der Waals surface area contributed by atoms with E-state index in [1.54, 1.807) is 12.1 Å². The van der Waals surface area contributed by atoms with Gasteiger partial charge in [-0.2, -0.15) is 0 Å². The Morgan fingerprint density at radius 2 is 1.21 bits per heavy atom. The molecule has 0 saturated heterocycles. The standard InChI is InChI=1S/C24H26N2O2/c27-22(19-4-2-1-3-5-19)25-20-6-8-21(9-7-20)26-23(28)24-13-16-10-17(14-24)12-18(11-16)15-24/h1-9,16-18H,10-15H2,(H,25,27)(H,26,28). The summed E-state index contributed by atoms with van der Waals surface area (Å²) in [6.45, 7) is 0. The largest absolute Gasteiger partial charge is 0.326 e. The summed E-state index contributed by atoms with van der Waals surface area (Å²) in [7, 11) is 0. The molecule has 4 heteroatoms. The van der Waals surface area contributed by atoms with Crippen molar-refractivity contribution in [3.8, 4) is 0 Å². The van der Waals surface area contributed by atoms with Crippen molar-refractivity contribution in [1.29, 1.82) is 0 Å². The molecule has 4 fully saturated rings. The molecule has 0 radical (unpaired) electrons. The molecule has 2 aromatic rings. The first kappa shape index (κ1) is 17.5. The molecule has 6 rings (SSSR count). The van der Waals surface area contributed by atoms with Gasteiger partial charge in [0.15, 0.2) is 0 Å². The molecule has 2 amide bonds. The summed E-state index contributed by atoms with van der Waals surface area (Å²) in [5.74, 6) is 2.34. The fraction of sp³-hybridized carbons (Fsp3) is 0.417. The minimum atomic E-state index is -0.144. The summed E-state index contributed by atoms with van der Waals surface area (Å²) in [6.07, 6.45) is 7.20. The van der Waals surface area contributed by atoms with Crippen molar-refractivity contribution in [2.45, 2.75) is 38.5 Å². The molecule has 0 aliphatic heterocycles. The second-order valence-corrected chi connectivity index (χ2v) is 9.05. The average Bonchev–Trinajstić information content (AvgIpc) is 2.69. The Labute approximate surface area is 165 Å². The van der Waals surface area contributed by atoms with Gasteiger partial charge in [0, 0.05) is 16.9 Å². The molecule has 0 aromatic heterocycles. The van der Waals surface area contributed by atoms with Crippen molar-refractivity contribution in [2.24, 2.45) is 23.2 Å². The number of carbonyl (C=O) groups excluding carboxylic acids is 2. The minimum Gasteiger partial charge on any atom is -0.326 e. The van der Waals surface area contributed by atoms with Crippen LogP contribution in [0, 0.1) is 23.2 Å². The molecule has 144 valence electrons. The van der Waals surface area contributed by atoms with Gasteiger partial charge in [0.25, 0.3) is 5.91 Å². The van der Waals surface area contributed by atoms with Crippen LogP contribution in [0.3, 0.4) is 0 Å². The molecule has 4 aliphatic rings. The molecule has 4 aliphatic carbocycles. The van der Waals surface area contributed by atoms with Crippen LogP contribution in [0.5, 0.6) is 0 Å². The van der Waals surface area contributed by atoms with Gasteiger partial charge >= 0.3 is 0 Å². The van der Waals surface area contributed by atoms with Crippen LogP contribution < -0.4 is 10.6 Å². The highest BCUT2D eigenvalue weighted by Crippen LogP contribution is 2.60. The minimum absolute atomic E-state index is 0.133. The smallest absolute Gasteiger partial charge is 0.255 e. The summed E-state index contributed by atoms with van der Waals surface area (Å²) in [6, 6.07) is 16.6. The Balaban J connectivity index is 1.24. The lowest BCUT2D eigenvalue weighted by Crippen LogP contribution is -2.51. The average molecular weight is 374 g/mol. The second kappa shape index (κ2) is 6.77. The maximum atomic E-state index is 13.1. The third-order valence-corrected chi connectivity index (χ3v) is 6.96. The lowest BCUT2D eigenvalue weighted by molar-refractivity contribution is -0.140. The van der Waals surface area contributed by atoms with E-state index >= 15 is 0 Å². The summed E-state index contributed by atoms with van der Waals surface area (Å²) < 4.78 is 0. The first-order valence-electron chi connectivity index (χ1n) is 10.4.